The molecule has 1 unspecified atom stereocenters. The van der Waals surface area contributed by atoms with E-state index in [-0.39, 0.29) is 12.0 Å². The van der Waals surface area contributed by atoms with E-state index in [2.05, 4.69) is 24.5 Å². The quantitative estimate of drug-likeness (QED) is 0.431. The molecule has 0 saturated heterocycles. The van der Waals surface area contributed by atoms with Crippen molar-refractivity contribution in [2.75, 3.05) is 0 Å². The zero-order chi connectivity index (χ0) is 14.1. The summed E-state index contributed by atoms with van der Waals surface area (Å²) in [6, 6.07) is 8.18. The van der Waals surface area contributed by atoms with E-state index in [4.69, 9.17) is 10.6 Å². The van der Waals surface area contributed by atoms with Gasteiger partial charge in [-0.3, -0.25) is 10.2 Å². The molecule has 0 aromatic heterocycles. The Bertz CT molecular complexity index is 376. The van der Waals surface area contributed by atoms with Crippen LogP contribution in [0.1, 0.15) is 45.1 Å². The maximum Gasteiger partial charge on any atom is 0.234 e. The molecule has 1 aromatic rings. The number of hydrogen-bond donors (Lipinski definition) is 2. The van der Waals surface area contributed by atoms with E-state index in [1.807, 2.05) is 19.1 Å². The van der Waals surface area contributed by atoms with Crippen LogP contribution in [0.3, 0.4) is 0 Å². The van der Waals surface area contributed by atoms with E-state index in [1.54, 1.807) is 0 Å². The molecule has 1 atom stereocenters. The average molecular weight is 264 g/mol. The first-order valence-electron chi connectivity index (χ1n) is 6.90. The molecule has 1 aromatic carbocycles. The van der Waals surface area contributed by atoms with Crippen molar-refractivity contribution in [2.24, 2.45) is 5.84 Å². The maximum atomic E-state index is 11.0. The second kappa shape index (κ2) is 8.53. The molecule has 0 aliphatic heterocycles. The first kappa shape index (κ1) is 15.5. The summed E-state index contributed by atoms with van der Waals surface area (Å²) < 4.78 is 5.75. The molecular formula is C15H24N2O2. The number of nitrogens with two attached hydrogens (primary N) is 1. The minimum absolute atomic E-state index is 0.00112. The predicted octanol–water partition coefficient (Wildman–Crippen LogP) is 2.57. The lowest BCUT2D eigenvalue weighted by atomic mass is 10.1. The second-order valence-electron chi connectivity index (χ2n) is 4.78. The molecule has 0 aliphatic rings. The Kier molecular flexibility index (Phi) is 6.97. The van der Waals surface area contributed by atoms with Crippen LogP contribution in [-0.4, -0.2) is 12.0 Å². The highest BCUT2D eigenvalue weighted by molar-refractivity contribution is 5.75. The largest absolute Gasteiger partial charge is 0.491 e. The van der Waals surface area contributed by atoms with Crippen molar-refractivity contribution >= 4 is 5.91 Å². The predicted molar refractivity (Wildman–Crippen MR) is 76.7 cm³/mol. The number of hydrazine groups is 1. The van der Waals surface area contributed by atoms with Crippen molar-refractivity contribution in [1.82, 2.24) is 5.43 Å². The number of aryl methyl sites for hydroxylation is 1. The van der Waals surface area contributed by atoms with Gasteiger partial charge < -0.3 is 4.74 Å². The maximum absolute atomic E-state index is 11.0. The minimum atomic E-state index is -0.162. The second-order valence-corrected chi connectivity index (χ2v) is 4.78. The van der Waals surface area contributed by atoms with Crippen molar-refractivity contribution < 1.29 is 9.53 Å². The number of carbonyl (C=O) groups is 1. The summed E-state index contributed by atoms with van der Waals surface area (Å²) >= 11 is 0. The Morgan fingerprint density at radius 3 is 2.63 bits per heavy atom. The summed E-state index contributed by atoms with van der Waals surface area (Å²) in [5, 5.41) is 0. The fourth-order valence-corrected chi connectivity index (χ4v) is 1.81. The van der Waals surface area contributed by atoms with Gasteiger partial charge in [-0.25, -0.2) is 5.84 Å². The summed E-state index contributed by atoms with van der Waals surface area (Å²) in [6.07, 6.45) is 4.57. The lowest BCUT2D eigenvalue weighted by Crippen LogP contribution is -2.30. The standard InChI is InChI=1S/C15H24N2O2/c1-3-4-5-13-7-9-14(10-8-13)19-12(2)6-11-15(18)17-16/h7-10,12H,3-6,11,16H2,1-2H3,(H,17,18). The summed E-state index contributed by atoms with van der Waals surface area (Å²) in [7, 11) is 0. The van der Waals surface area contributed by atoms with Gasteiger partial charge in [0.15, 0.2) is 0 Å². The molecule has 0 heterocycles. The van der Waals surface area contributed by atoms with Crippen molar-refractivity contribution in [1.29, 1.82) is 0 Å². The lowest BCUT2D eigenvalue weighted by molar-refractivity contribution is -0.121. The summed E-state index contributed by atoms with van der Waals surface area (Å²) in [5.74, 6) is 5.71. The molecule has 0 fully saturated rings. The van der Waals surface area contributed by atoms with Gasteiger partial charge in [-0.1, -0.05) is 25.5 Å². The molecule has 106 valence electrons. The number of hydrogen-bond acceptors (Lipinski definition) is 3. The number of unbranched alkanes of at least 4 members (excludes halogenated alkanes) is 1. The van der Waals surface area contributed by atoms with Crippen LogP contribution in [0.5, 0.6) is 5.75 Å². The van der Waals surface area contributed by atoms with E-state index in [9.17, 15) is 4.79 Å². The van der Waals surface area contributed by atoms with Gasteiger partial charge in [0.2, 0.25) is 5.91 Å². The molecule has 0 radical (unpaired) electrons. The molecule has 0 saturated carbocycles. The highest BCUT2D eigenvalue weighted by atomic mass is 16.5. The van der Waals surface area contributed by atoms with E-state index < -0.39 is 0 Å². The normalized spacial score (nSPS) is 11.9. The first-order valence-corrected chi connectivity index (χ1v) is 6.90. The van der Waals surface area contributed by atoms with Crippen LogP contribution in [0.4, 0.5) is 0 Å². The van der Waals surface area contributed by atoms with Crippen LogP contribution in [0.25, 0.3) is 0 Å². The third-order valence-electron chi connectivity index (χ3n) is 3.02. The third-order valence-corrected chi connectivity index (χ3v) is 3.02. The van der Waals surface area contributed by atoms with Crippen LogP contribution >= 0.6 is 0 Å². The first-order chi connectivity index (χ1) is 9.15. The van der Waals surface area contributed by atoms with E-state index in [0.717, 1.165) is 12.2 Å². The van der Waals surface area contributed by atoms with Crippen LogP contribution in [-0.2, 0) is 11.2 Å². The molecule has 0 spiro atoms. The number of nitrogens with one attached hydrogen (secondary N) is 1. The van der Waals surface area contributed by atoms with Gasteiger partial charge in [0.25, 0.3) is 0 Å². The van der Waals surface area contributed by atoms with E-state index >= 15 is 0 Å². The van der Waals surface area contributed by atoms with E-state index in [1.165, 1.54) is 18.4 Å². The highest BCUT2D eigenvalue weighted by Crippen LogP contribution is 2.16. The van der Waals surface area contributed by atoms with Crippen molar-refractivity contribution in [2.45, 2.75) is 52.1 Å². The van der Waals surface area contributed by atoms with Crippen LogP contribution in [0.15, 0.2) is 24.3 Å². The third kappa shape index (κ3) is 6.25. The Hall–Kier alpha value is -1.55. The minimum Gasteiger partial charge on any atom is -0.491 e. The van der Waals surface area contributed by atoms with Gasteiger partial charge in [-0.05, 0) is 43.9 Å². The van der Waals surface area contributed by atoms with Crippen LogP contribution in [0.2, 0.25) is 0 Å². The number of amides is 1. The fourth-order valence-electron chi connectivity index (χ4n) is 1.81. The number of benzene rings is 1. The molecular weight excluding hydrogens is 240 g/mol. The average Bonchev–Trinajstić information content (AvgIpc) is 2.44. The summed E-state index contributed by atoms with van der Waals surface area (Å²) in [5.41, 5.74) is 3.45. The Morgan fingerprint density at radius 1 is 1.37 bits per heavy atom. The smallest absolute Gasteiger partial charge is 0.234 e. The Morgan fingerprint density at radius 2 is 2.05 bits per heavy atom. The van der Waals surface area contributed by atoms with Gasteiger partial charge in [0.05, 0.1) is 6.10 Å². The number of rotatable bonds is 8. The zero-order valence-electron chi connectivity index (χ0n) is 11.8. The molecule has 3 N–H and O–H groups in total. The van der Waals surface area contributed by atoms with Gasteiger partial charge in [0, 0.05) is 6.42 Å². The highest BCUT2D eigenvalue weighted by Gasteiger charge is 2.07. The van der Waals surface area contributed by atoms with Crippen molar-refractivity contribution in [3.05, 3.63) is 29.8 Å². The Labute approximate surface area is 115 Å². The van der Waals surface area contributed by atoms with Crippen LogP contribution < -0.4 is 16.0 Å². The molecule has 4 nitrogen and oxygen atoms in total. The SMILES string of the molecule is CCCCc1ccc(OC(C)CCC(=O)NN)cc1. The van der Waals surface area contributed by atoms with Crippen molar-refractivity contribution in [3.63, 3.8) is 0 Å². The topological polar surface area (TPSA) is 64.3 Å². The molecule has 0 aliphatic carbocycles. The van der Waals surface area contributed by atoms with E-state index in [0.29, 0.717) is 12.8 Å². The van der Waals surface area contributed by atoms with Gasteiger partial charge in [-0.2, -0.15) is 0 Å². The summed E-state index contributed by atoms with van der Waals surface area (Å²) in [6.45, 7) is 4.14. The molecule has 1 amide bonds. The lowest BCUT2D eigenvalue weighted by Gasteiger charge is -2.14. The van der Waals surface area contributed by atoms with Crippen LogP contribution in [0, 0.1) is 0 Å². The zero-order valence-corrected chi connectivity index (χ0v) is 11.8. The van der Waals surface area contributed by atoms with Gasteiger partial charge in [-0.15, -0.1) is 0 Å². The fraction of sp³-hybridized carbons (Fsp3) is 0.533. The Balaban J connectivity index is 2.37. The van der Waals surface area contributed by atoms with Gasteiger partial charge >= 0.3 is 0 Å². The molecule has 19 heavy (non-hydrogen) atoms. The van der Waals surface area contributed by atoms with Gasteiger partial charge in [0.1, 0.15) is 5.75 Å². The molecule has 0 bridgehead atoms. The monoisotopic (exact) mass is 264 g/mol. The molecule has 1 rings (SSSR count). The van der Waals surface area contributed by atoms with Crippen molar-refractivity contribution in [3.8, 4) is 5.75 Å². The number of carbonyl (C=O) groups excluding carboxylic acids is 1. The summed E-state index contributed by atoms with van der Waals surface area (Å²) in [4.78, 5) is 11.0. The number of ether oxygens (including phenoxy) is 1. The molecule has 4 heteroatoms.